The van der Waals surface area contributed by atoms with Crippen molar-refractivity contribution in [2.75, 3.05) is 0 Å². The first-order valence-corrected chi connectivity index (χ1v) is 8.19. The molecule has 8 heteroatoms. The van der Waals surface area contributed by atoms with Crippen LogP contribution in [-0.4, -0.2) is 44.5 Å². The van der Waals surface area contributed by atoms with Crippen LogP contribution in [0.5, 0.6) is 17.2 Å². The molecular formula is C19H21NO7. The molecule has 0 fully saturated rings. The largest absolute Gasteiger partial charge is 0.508 e. The molecule has 3 atom stereocenters. The molecule has 0 amide bonds. The minimum Gasteiger partial charge on any atom is -0.508 e. The highest BCUT2D eigenvalue weighted by molar-refractivity contribution is 5.89. The lowest BCUT2D eigenvalue weighted by atomic mass is 9.87. The summed E-state index contributed by atoms with van der Waals surface area (Å²) < 4.78 is 5.33. The Balaban J connectivity index is 2.16. The minimum atomic E-state index is -1.30. The van der Waals surface area contributed by atoms with E-state index in [-0.39, 0.29) is 23.5 Å². The van der Waals surface area contributed by atoms with Crippen molar-refractivity contribution in [3.05, 3.63) is 53.6 Å². The molecule has 0 aliphatic carbocycles. The summed E-state index contributed by atoms with van der Waals surface area (Å²) in [5.74, 6) is -3.36. The quantitative estimate of drug-likeness (QED) is 0.364. The van der Waals surface area contributed by atoms with Crippen molar-refractivity contribution in [2.24, 2.45) is 5.73 Å². The van der Waals surface area contributed by atoms with E-state index in [1.54, 1.807) is 6.92 Å². The zero-order valence-corrected chi connectivity index (χ0v) is 14.6. The van der Waals surface area contributed by atoms with Crippen molar-refractivity contribution in [3.8, 4) is 17.2 Å². The summed E-state index contributed by atoms with van der Waals surface area (Å²) in [5, 5.41) is 37.6. The molecule has 2 rings (SSSR count). The van der Waals surface area contributed by atoms with Gasteiger partial charge >= 0.3 is 11.9 Å². The second kappa shape index (κ2) is 8.41. The molecule has 0 saturated carbocycles. The topological polar surface area (TPSA) is 150 Å². The van der Waals surface area contributed by atoms with Crippen molar-refractivity contribution in [1.82, 2.24) is 0 Å². The van der Waals surface area contributed by atoms with Crippen molar-refractivity contribution in [1.29, 1.82) is 0 Å². The average molecular weight is 375 g/mol. The van der Waals surface area contributed by atoms with Gasteiger partial charge in [-0.25, -0.2) is 4.79 Å². The molecule has 0 radical (unpaired) electrons. The molecule has 0 saturated heterocycles. The Morgan fingerprint density at radius 1 is 1.04 bits per heavy atom. The Morgan fingerprint density at radius 3 is 2.22 bits per heavy atom. The molecule has 1 unspecified atom stereocenters. The first kappa shape index (κ1) is 20.1. The fourth-order valence-electron chi connectivity index (χ4n) is 2.69. The maximum absolute atomic E-state index is 12.2. The maximum atomic E-state index is 12.2. The van der Waals surface area contributed by atoms with Gasteiger partial charge in [-0.15, -0.1) is 0 Å². The Labute approximate surface area is 155 Å². The molecule has 0 aliphatic heterocycles. The molecule has 2 aromatic rings. The van der Waals surface area contributed by atoms with Gasteiger partial charge in [0.1, 0.15) is 17.9 Å². The zero-order valence-electron chi connectivity index (χ0n) is 14.6. The van der Waals surface area contributed by atoms with Crippen LogP contribution in [0.1, 0.15) is 35.2 Å². The monoisotopic (exact) mass is 375 g/mol. The van der Waals surface area contributed by atoms with E-state index in [1.807, 2.05) is 0 Å². The number of benzene rings is 2. The first-order valence-electron chi connectivity index (χ1n) is 8.19. The lowest BCUT2D eigenvalue weighted by Crippen LogP contribution is -2.38. The molecule has 144 valence electrons. The Bertz CT molecular complexity index is 819. The number of rotatable bonds is 7. The second-order valence-corrected chi connectivity index (χ2v) is 6.22. The number of hydrogen-bond donors (Lipinski definition) is 5. The standard InChI is InChI=1S/C19H21NO7/c1-10(27-19(26)11-2-5-13(21)6-3-11)8-14(17(20)18(24)25)12-4-7-15(22)16(23)9-12/h2-7,9-10,14,17,21-23H,8,20H2,1H3,(H,24,25)/t10-,14?,17+/m1/s1. The lowest BCUT2D eigenvalue weighted by Gasteiger charge is -2.25. The Hall–Kier alpha value is -3.26. The predicted molar refractivity (Wildman–Crippen MR) is 95.7 cm³/mol. The number of nitrogens with two attached hydrogens (primary N) is 1. The van der Waals surface area contributed by atoms with E-state index in [0.717, 1.165) is 0 Å². The van der Waals surface area contributed by atoms with Gasteiger partial charge in [-0.3, -0.25) is 4.79 Å². The molecule has 8 nitrogen and oxygen atoms in total. The van der Waals surface area contributed by atoms with Gasteiger partial charge in [0.05, 0.1) is 5.56 Å². The molecule has 0 bridgehead atoms. The summed E-state index contributed by atoms with van der Waals surface area (Å²) in [6.07, 6.45) is -0.598. The van der Waals surface area contributed by atoms with E-state index in [4.69, 9.17) is 10.5 Å². The fraction of sp³-hybridized carbons (Fsp3) is 0.263. The number of ether oxygens (including phenoxy) is 1. The van der Waals surface area contributed by atoms with Gasteiger partial charge in [-0.05, 0) is 55.3 Å². The Morgan fingerprint density at radius 2 is 1.67 bits per heavy atom. The minimum absolute atomic E-state index is 0.0132. The predicted octanol–water partition coefficient (Wildman–Crippen LogP) is 1.93. The second-order valence-electron chi connectivity index (χ2n) is 6.22. The van der Waals surface area contributed by atoms with Crippen LogP contribution in [0.25, 0.3) is 0 Å². The van der Waals surface area contributed by atoms with Crippen LogP contribution in [0.4, 0.5) is 0 Å². The maximum Gasteiger partial charge on any atom is 0.338 e. The van der Waals surface area contributed by atoms with E-state index < -0.39 is 35.8 Å². The zero-order chi connectivity index (χ0) is 20.1. The van der Waals surface area contributed by atoms with E-state index in [9.17, 15) is 30.0 Å². The van der Waals surface area contributed by atoms with Gasteiger partial charge in [0.25, 0.3) is 0 Å². The molecular weight excluding hydrogens is 354 g/mol. The van der Waals surface area contributed by atoms with Crippen LogP contribution in [0.15, 0.2) is 42.5 Å². The normalized spacial score (nSPS) is 14.1. The first-order chi connectivity index (χ1) is 12.7. The van der Waals surface area contributed by atoms with Gasteiger partial charge < -0.3 is 30.9 Å². The highest BCUT2D eigenvalue weighted by Gasteiger charge is 2.29. The van der Waals surface area contributed by atoms with Crippen molar-refractivity contribution < 1.29 is 34.8 Å². The highest BCUT2D eigenvalue weighted by atomic mass is 16.5. The van der Waals surface area contributed by atoms with E-state index in [0.29, 0.717) is 5.56 Å². The number of hydrogen-bond acceptors (Lipinski definition) is 7. The summed E-state index contributed by atoms with van der Waals surface area (Å²) in [6, 6.07) is 8.14. The van der Waals surface area contributed by atoms with Gasteiger partial charge in [-0.1, -0.05) is 6.07 Å². The SMILES string of the molecule is C[C@H](CC(c1ccc(O)c(O)c1)[C@H](N)C(=O)O)OC(=O)c1ccc(O)cc1. The Kier molecular flexibility index (Phi) is 6.25. The number of aliphatic carboxylic acids is 1. The van der Waals surface area contributed by atoms with E-state index in [2.05, 4.69) is 0 Å². The van der Waals surface area contributed by atoms with Gasteiger partial charge in [0.15, 0.2) is 11.5 Å². The number of esters is 1. The van der Waals surface area contributed by atoms with Crippen LogP contribution in [0, 0.1) is 0 Å². The van der Waals surface area contributed by atoms with Crippen LogP contribution < -0.4 is 5.73 Å². The third-order valence-corrected chi connectivity index (χ3v) is 4.14. The smallest absolute Gasteiger partial charge is 0.338 e. The molecule has 2 aromatic carbocycles. The van der Waals surface area contributed by atoms with Crippen molar-refractivity contribution >= 4 is 11.9 Å². The van der Waals surface area contributed by atoms with Crippen molar-refractivity contribution in [3.63, 3.8) is 0 Å². The summed E-state index contributed by atoms with van der Waals surface area (Å²) >= 11 is 0. The van der Waals surface area contributed by atoms with Crippen molar-refractivity contribution in [2.45, 2.75) is 31.4 Å². The number of carbonyl (C=O) groups excluding carboxylic acids is 1. The van der Waals surface area contributed by atoms with Crippen LogP contribution in [0.2, 0.25) is 0 Å². The number of phenolic OH excluding ortho intramolecular Hbond substituents is 3. The van der Waals surface area contributed by atoms with Gasteiger partial charge in [0.2, 0.25) is 0 Å². The molecule has 0 aliphatic rings. The number of aromatic hydroxyl groups is 3. The third kappa shape index (κ3) is 5.11. The van der Waals surface area contributed by atoms with Crippen LogP contribution >= 0.6 is 0 Å². The van der Waals surface area contributed by atoms with Crippen LogP contribution in [-0.2, 0) is 9.53 Å². The molecule has 27 heavy (non-hydrogen) atoms. The summed E-state index contributed by atoms with van der Waals surface area (Å²) in [6.45, 7) is 1.60. The van der Waals surface area contributed by atoms with Crippen LogP contribution in [0.3, 0.4) is 0 Å². The number of phenols is 3. The van der Waals surface area contributed by atoms with E-state index >= 15 is 0 Å². The summed E-state index contributed by atoms with van der Waals surface area (Å²) in [4.78, 5) is 23.5. The average Bonchev–Trinajstić information content (AvgIpc) is 2.62. The summed E-state index contributed by atoms with van der Waals surface area (Å²) in [7, 11) is 0. The molecule has 6 N–H and O–H groups in total. The molecule has 0 spiro atoms. The van der Waals surface area contributed by atoms with E-state index in [1.165, 1.54) is 42.5 Å². The molecule has 0 heterocycles. The lowest BCUT2D eigenvalue weighted by molar-refractivity contribution is -0.139. The number of carboxylic acid groups (broad SMARTS) is 1. The third-order valence-electron chi connectivity index (χ3n) is 4.14. The summed E-state index contributed by atoms with van der Waals surface area (Å²) in [5.41, 5.74) is 6.41. The number of carboxylic acids is 1. The van der Waals surface area contributed by atoms with Gasteiger partial charge in [-0.2, -0.15) is 0 Å². The molecule has 0 aromatic heterocycles. The van der Waals surface area contributed by atoms with Gasteiger partial charge in [0, 0.05) is 5.92 Å². The highest BCUT2D eigenvalue weighted by Crippen LogP contribution is 2.32. The number of carbonyl (C=O) groups is 2. The fourth-order valence-corrected chi connectivity index (χ4v) is 2.69.